The Kier molecular flexibility index (Phi) is 3.79. The van der Waals surface area contributed by atoms with Crippen molar-refractivity contribution in [2.24, 2.45) is 0 Å². The Morgan fingerprint density at radius 2 is 1.80 bits per heavy atom. The van der Waals surface area contributed by atoms with E-state index in [1.807, 2.05) is 36.4 Å². The number of para-hydroxylation sites is 1. The molecule has 0 spiro atoms. The van der Waals surface area contributed by atoms with Gasteiger partial charge in [0.05, 0.1) is 6.04 Å². The molecule has 102 valence electrons. The van der Waals surface area contributed by atoms with Crippen molar-refractivity contribution in [3.8, 4) is 0 Å². The third-order valence-corrected chi connectivity index (χ3v) is 3.69. The van der Waals surface area contributed by atoms with Crippen LogP contribution >= 0.6 is 0 Å². The van der Waals surface area contributed by atoms with E-state index in [9.17, 15) is 4.79 Å². The molecule has 0 unspecified atom stereocenters. The van der Waals surface area contributed by atoms with Crippen molar-refractivity contribution in [1.82, 2.24) is 5.32 Å². The molecule has 1 aliphatic heterocycles. The number of hydrogen-bond acceptors (Lipinski definition) is 2. The van der Waals surface area contributed by atoms with Gasteiger partial charge in [0, 0.05) is 12.2 Å². The van der Waals surface area contributed by atoms with Crippen molar-refractivity contribution >= 4 is 11.6 Å². The Labute approximate surface area is 119 Å². The van der Waals surface area contributed by atoms with Crippen molar-refractivity contribution in [3.05, 3.63) is 65.7 Å². The quantitative estimate of drug-likeness (QED) is 0.897. The highest BCUT2D eigenvalue weighted by Gasteiger charge is 2.22. The van der Waals surface area contributed by atoms with E-state index in [1.165, 1.54) is 11.1 Å². The van der Waals surface area contributed by atoms with E-state index in [1.54, 1.807) is 0 Å². The predicted molar refractivity (Wildman–Crippen MR) is 80.5 cm³/mol. The zero-order chi connectivity index (χ0) is 13.8. The fraction of sp³-hybridized carbons (Fsp3) is 0.235. The number of carbonyl (C=O) groups is 1. The third-order valence-electron chi connectivity index (χ3n) is 3.69. The fourth-order valence-corrected chi connectivity index (χ4v) is 2.54. The summed E-state index contributed by atoms with van der Waals surface area (Å²) in [5.74, 6) is 0.0610. The highest BCUT2D eigenvalue weighted by atomic mass is 16.2. The van der Waals surface area contributed by atoms with Gasteiger partial charge in [0.2, 0.25) is 5.91 Å². The first-order valence-corrected chi connectivity index (χ1v) is 6.99. The maximum absolute atomic E-state index is 12.2. The van der Waals surface area contributed by atoms with Gasteiger partial charge in [-0.05, 0) is 30.0 Å². The van der Waals surface area contributed by atoms with Crippen LogP contribution in [-0.4, -0.2) is 11.9 Å². The molecule has 2 aromatic carbocycles. The molecule has 20 heavy (non-hydrogen) atoms. The van der Waals surface area contributed by atoms with Gasteiger partial charge in [-0.15, -0.1) is 0 Å². The number of amides is 1. The summed E-state index contributed by atoms with van der Waals surface area (Å²) >= 11 is 0. The van der Waals surface area contributed by atoms with Crippen LogP contribution in [0.25, 0.3) is 0 Å². The normalized spacial score (nSPS) is 18.0. The highest BCUT2D eigenvalue weighted by molar-refractivity contribution is 5.96. The molecule has 2 N–H and O–H groups in total. The number of aryl methyl sites for hydroxylation is 1. The maximum atomic E-state index is 12.2. The van der Waals surface area contributed by atoms with Crippen LogP contribution in [0.1, 0.15) is 17.5 Å². The van der Waals surface area contributed by atoms with Gasteiger partial charge in [-0.2, -0.15) is 0 Å². The lowest BCUT2D eigenvalue weighted by atomic mass is 10.1. The molecule has 0 aliphatic carbocycles. The first-order valence-electron chi connectivity index (χ1n) is 6.99. The molecule has 0 bridgehead atoms. The summed E-state index contributed by atoms with van der Waals surface area (Å²) in [7, 11) is 0. The Bertz CT molecular complexity index is 595. The number of benzene rings is 2. The number of rotatable bonds is 3. The Hall–Kier alpha value is -2.13. The maximum Gasteiger partial charge on any atom is 0.241 e. The smallest absolute Gasteiger partial charge is 0.241 e. The highest BCUT2D eigenvalue weighted by Crippen LogP contribution is 2.21. The summed E-state index contributed by atoms with van der Waals surface area (Å²) in [4.78, 5) is 12.2. The van der Waals surface area contributed by atoms with Crippen molar-refractivity contribution in [1.29, 1.82) is 0 Å². The molecule has 3 heteroatoms. The topological polar surface area (TPSA) is 41.1 Å². The number of carbonyl (C=O) groups excluding carboxylic acids is 1. The lowest BCUT2D eigenvalue weighted by Gasteiger charge is -2.15. The standard InChI is InChI=1S/C17H18N2O/c20-17-16(18-12-13-6-2-1-3-7-13)11-10-14-8-4-5-9-15(14)19-17/h1-9,16,18H,10-12H2,(H,19,20)/t16-/m1/s1. The van der Waals surface area contributed by atoms with Crippen LogP contribution in [0.4, 0.5) is 5.69 Å². The molecular formula is C17H18N2O. The average Bonchev–Trinajstić information content (AvgIpc) is 2.65. The van der Waals surface area contributed by atoms with Crippen molar-refractivity contribution < 1.29 is 4.79 Å². The molecular weight excluding hydrogens is 248 g/mol. The minimum Gasteiger partial charge on any atom is -0.324 e. The van der Waals surface area contributed by atoms with E-state index in [0.717, 1.165) is 25.1 Å². The van der Waals surface area contributed by atoms with Crippen molar-refractivity contribution in [2.45, 2.75) is 25.4 Å². The van der Waals surface area contributed by atoms with Gasteiger partial charge in [0.25, 0.3) is 0 Å². The van der Waals surface area contributed by atoms with Gasteiger partial charge in [-0.3, -0.25) is 4.79 Å². The van der Waals surface area contributed by atoms with Crippen LogP contribution < -0.4 is 10.6 Å². The van der Waals surface area contributed by atoms with Crippen LogP contribution in [0, 0.1) is 0 Å². The van der Waals surface area contributed by atoms with E-state index in [0.29, 0.717) is 0 Å². The summed E-state index contributed by atoms with van der Waals surface area (Å²) < 4.78 is 0. The first kappa shape index (κ1) is 12.9. The van der Waals surface area contributed by atoms with Gasteiger partial charge in [0.1, 0.15) is 0 Å². The van der Waals surface area contributed by atoms with Gasteiger partial charge < -0.3 is 10.6 Å². The van der Waals surface area contributed by atoms with E-state index in [-0.39, 0.29) is 11.9 Å². The number of anilines is 1. The van der Waals surface area contributed by atoms with Crippen LogP contribution in [0.15, 0.2) is 54.6 Å². The average molecular weight is 266 g/mol. The van der Waals surface area contributed by atoms with Crippen LogP contribution in [0.3, 0.4) is 0 Å². The molecule has 1 atom stereocenters. The lowest BCUT2D eigenvalue weighted by molar-refractivity contribution is -0.118. The van der Waals surface area contributed by atoms with E-state index in [4.69, 9.17) is 0 Å². The molecule has 1 aliphatic rings. The summed E-state index contributed by atoms with van der Waals surface area (Å²) in [6.45, 7) is 0.718. The Balaban J connectivity index is 1.66. The van der Waals surface area contributed by atoms with Gasteiger partial charge in [0.15, 0.2) is 0 Å². The number of nitrogens with one attached hydrogen (secondary N) is 2. The second-order valence-corrected chi connectivity index (χ2v) is 5.10. The molecule has 1 amide bonds. The molecule has 3 rings (SSSR count). The van der Waals surface area contributed by atoms with E-state index in [2.05, 4.69) is 28.8 Å². The van der Waals surface area contributed by atoms with E-state index < -0.39 is 0 Å². The summed E-state index contributed by atoms with van der Waals surface area (Å²) in [6.07, 6.45) is 1.75. The molecule has 0 saturated heterocycles. The number of fused-ring (bicyclic) bond motifs is 1. The lowest BCUT2D eigenvalue weighted by Crippen LogP contribution is -2.39. The molecule has 0 aromatic heterocycles. The minimum atomic E-state index is -0.136. The minimum absolute atomic E-state index is 0.0610. The molecule has 0 radical (unpaired) electrons. The van der Waals surface area contributed by atoms with Crippen LogP contribution in [-0.2, 0) is 17.8 Å². The number of hydrogen-bond donors (Lipinski definition) is 2. The monoisotopic (exact) mass is 266 g/mol. The third kappa shape index (κ3) is 2.89. The zero-order valence-electron chi connectivity index (χ0n) is 11.3. The second kappa shape index (κ2) is 5.88. The molecule has 2 aromatic rings. The fourth-order valence-electron chi connectivity index (χ4n) is 2.54. The molecule has 0 saturated carbocycles. The predicted octanol–water partition coefficient (Wildman–Crippen LogP) is 2.73. The van der Waals surface area contributed by atoms with Gasteiger partial charge >= 0.3 is 0 Å². The molecule has 3 nitrogen and oxygen atoms in total. The summed E-state index contributed by atoms with van der Waals surface area (Å²) in [5, 5.41) is 6.36. The molecule has 0 fully saturated rings. The van der Waals surface area contributed by atoms with Gasteiger partial charge in [-0.25, -0.2) is 0 Å². The Morgan fingerprint density at radius 1 is 1.05 bits per heavy atom. The van der Waals surface area contributed by atoms with Crippen LogP contribution in [0.5, 0.6) is 0 Å². The summed E-state index contributed by atoms with van der Waals surface area (Å²) in [5.41, 5.74) is 3.36. The van der Waals surface area contributed by atoms with Crippen molar-refractivity contribution in [3.63, 3.8) is 0 Å². The van der Waals surface area contributed by atoms with Gasteiger partial charge in [-0.1, -0.05) is 48.5 Å². The first-order chi connectivity index (χ1) is 9.83. The van der Waals surface area contributed by atoms with Crippen LogP contribution in [0.2, 0.25) is 0 Å². The summed E-state index contributed by atoms with van der Waals surface area (Å²) in [6, 6.07) is 18.0. The van der Waals surface area contributed by atoms with Crippen molar-refractivity contribution in [2.75, 3.05) is 5.32 Å². The largest absolute Gasteiger partial charge is 0.324 e. The van der Waals surface area contributed by atoms with E-state index >= 15 is 0 Å². The second-order valence-electron chi connectivity index (χ2n) is 5.10. The zero-order valence-corrected chi connectivity index (χ0v) is 11.3. The Morgan fingerprint density at radius 3 is 2.65 bits per heavy atom. The molecule has 1 heterocycles. The SMILES string of the molecule is O=C1Nc2ccccc2CC[C@H]1NCc1ccccc1.